The van der Waals surface area contributed by atoms with Crippen LogP contribution in [-0.2, 0) is 0 Å². The van der Waals surface area contributed by atoms with E-state index in [0.29, 0.717) is 6.04 Å². The van der Waals surface area contributed by atoms with Crippen LogP contribution in [0.1, 0.15) is 44.2 Å². The van der Waals surface area contributed by atoms with E-state index in [1.54, 1.807) is 16.9 Å². The molecule has 1 N–H and O–H groups in total. The lowest BCUT2D eigenvalue weighted by Gasteiger charge is -2.32. The van der Waals surface area contributed by atoms with Gasteiger partial charge in [-0.2, -0.15) is 0 Å². The highest BCUT2D eigenvalue weighted by Gasteiger charge is 2.20. The number of piperidine rings is 1. The van der Waals surface area contributed by atoms with E-state index >= 15 is 0 Å². The van der Waals surface area contributed by atoms with Crippen molar-refractivity contribution in [2.75, 3.05) is 24.5 Å². The van der Waals surface area contributed by atoms with Crippen molar-refractivity contribution in [3.8, 4) is 0 Å². The first-order chi connectivity index (χ1) is 9.81. The van der Waals surface area contributed by atoms with Gasteiger partial charge in [-0.1, -0.05) is 11.6 Å². The fourth-order valence-corrected chi connectivity index (χ4v) is 4.02. The lowest BCUT2D eigenvalue weighted by Crippen LogP contribution is -2.42. The minimum Gasteiger partial charge on any atom is -0.348 e. The average Bonchev–Trinajstić information content (AvgIpc) is 3.11. The zero-order valence-electron chi connectivity index (χ0n) is 12.4. The molecule has 110 valence electrons. The predicted octanol–water partition coefficient (Wildman–Crippen LogP) is 3.51. The predicted molar refractivity (Wildman–Crippen MR) is 86.6 cm³/mol. The molecule has 0 amide bonds. The van der Waals surface area contributed by atoms with Crippen molar-refractivity contribution in [3.63, 3.8) is 0 Å². The van der Waals surface area contributed by atoms with Crippen LogP contribution in [0.25, 0.3) is 0 Å². The smallest absolute Gasteiger partial charge is 0.185 e. The van der Waals surface area contributed by atoms with E-state index in [1.165, 1.54) is 43.7 Å². The molecular weight excluding hydrogens is 266 g/mol. The van der Waals surface area contributed by atoms with Gasteiger partial charge < -0.3 is 10.2 Å². The number of hydrogen-bond donors (Lipinski definition) is 1. The van der Waals surface area contributed by atoms with Gasteiger partial charge in [0, 0.05) is 24.5 Å². The second kappa shape index (κ2) is 6.72. The third kappa shape index (κ3) is 3.61. The van der Waals surface area contributed by atoms with Crippen LogP contribution in [0, 0.1) is 6.92 Å². The Bertz CT molecular complexity index is 458. The summed E-state index contributed by atoms with van der Waals surface area (Å²) in [6.45, 7) is 5.53. The number of nitrogens with zero attached hydrogens (tertiary/aromatic N) is 2. The third-order valence-electron chi connectivity index (χ3n) is 4.39. The average molecular weight is 291 g/mol. The second-order valence-electron chi connectivity index (χ2n) is 5.99. The lowest BCUT2D eigenvalue weighted by molar-refractivity contribution is 0.417. The molecule has 0 unspecified atom stereocenters. The fraction of sp³-hybridized carbons (Fsp3) is 0.688. The van der Waals surface area contributed by atoms with E-state index in [2.05, 4.69) is 33.6 Å². The Morgan fingerprint density at radius 1 is 1.40 bits per heavy atom. The van der Waals surface area contributed by atoms with E-state index < -0.39 is 0 Å². The monoisotopic (exact) mass is 291 g/mol. The first-order valence-electron chi connectivity index (χ1n) is 7.89. The number of aromatic nitrogens is 1. The van der Waals surface area contributed by atoms with E-state index in [-0.39, 0.29) is 0 Å². The highest BCUT2D eigenvalue weighted by molar-refractivity contribution is 7.13. The summed E-state index contributed by atoms with van der Waals surface area (Å²) >= 11 is 1.78. The van der Waals surface area contributed by atoms with Crippen LogP contribution in [0.2, 0.25) is 0 Å². The van der Waals surface area contributed by atoms with Gasteiger partial charge in [0.1, 0.15) is 0 Å². The number of hydrogen-bond acceptors (Lipinski definition) is 4. The largest absolute Gasteiger partial charge is 0.348 e. The molecule has 0 atom stereocenters. The summed E-state index contributed by atoms with van der Waals surface area (Å²) in [5.41, 5.74) is 2.82. The molecule has 0 radical (unpaired) electrons. The molecule has 2 aliphatic rings. The van der Waals surface area contributed by atoms with Crippen LogP contribution in [-0.4, -0.2) is 30.7 Å². The van der Waals surface area contributed by atoms with Gasteiger partial charge >= 0.3 is 0 Å². The first-order valence-corrected chi connectivity index (χ1v) is 8.77. The second-order valence-corrected chi connectivity index (χ2v) is 6.83. The zero-order valence-corrected chi connectivity index (χ0v) is 13.2. The van der Waals surface area contributed by atoms with Crippen molar-refractivity contribution in [1.82, 2.24) is 10.3 Å². The molecule has 1 aromatic heterocycles. The van der Waals surface area contributed by atoms with E-state index in [9.17, 15) is 0 Å². The summed E-state index contributed by atoms with van der Waals surface area (Å²) in [6.07, 6.45) is 10.2. The topological polar surface area (TPSA) is 28.2 Å². The van der Waals surface area contributed by atoms with Crippen LogP contribution in [0.5, 0.6) is 0 Å². The summed E-state index contributed by atoms with van der Waals surface area (Å²) < 4.78 is 0. The summed E-state index contributed by atoms with van der Waals surface area (Å²) in [4.78, 5) is 7.03. The summed E-state index contributed by atoms with van der Waals surface area (Å²) in [5.74, 6) is 0. The van der Waals surface area contributed by atoms with Crippen LogP contribution in [0.4, 0.5) is 5.13 Å². The Morgan fingerprint density at radius 3 is 2.90 bits per heavy atom. The number of anilines is 1. The standard InChI is InChI=1S/C16H25N3S/c1-13-12-20-16(18-13)19-10-7-15(8-11-19)17-9-6-14-4-2-3-5-14/h4,12,15,17H,2-3,5-11H2,1H3. The van der Waals surface area contributed by atoms with Crippen LogP contribution >= 0.6 is 11.3 Å². The van der Waals surface area contributed by atoms with Gasteiger partial charge in [-0.25, -0.2) is 4.98 Å². The molecule has 1 aliphatic carbocycles. The molecule has 0 saturated carbocycles. The van der Waals surface area contributed by atoms with Crippen molar-refractivity contribution >= 4 is 16.5 Å². The quantitative estimate of drug-likeness (QED) is 0.842. The van der Waals surface area contributed by atoms with Gasteiger partial charge in [-0.15, -0.1) is 11.3 Å². The van der Waals surface area contributed by atoms with Crippen LogP contribution in [0.15, 0.2) is 17.0 Å². The summed E-state index contributed by atoms with van der Waals surface area (Å²) in [7, 11) is 0. The SMILES string of the molecule is Cc1csc(N2CCC(NCCC3=CCCC3)CC2)n1. The van der Waals surface area contributed by atoms with Crippen molar-refractivity contribution < 1.29 is 0 Å². The number of thiazole rings is 1. The summed E-state index contributed by atoms with van der Waals surface area (Å²) in [5, 5.41) is 7.09. The Morgan fingerprint density at radius 2 is 2.25 bits per heavy atom. The maximum atomic E-state index is 4.59. The maximum Gasteiger partial charge on any atom is 0.185 e. The minimum atomic E-state index is 0.703. The van der Waals surface area contributed by atoms with Gasteiger partial charge in [-0.3, -0.25) is 0 Å². The van der Waals surface area contributed by atoms with Gasteiger partial charge in [0.2, 0.25) is 0 Å². The number of rotatable bonds is 5. The molecule has 3 rings (SSSR count). The van der Waals surface area contributed by atoms with E-state index in [0.717, 1.165) is 25.3 Å². The van der Waals surface area contributed by atoms with E-state index in [4.69, 9.17) is 0 Å². The Hall–Kier alpha value is -0.870. The molecule has 0 aromatic carbocycles. The van der Waals surface area contributed by atoms with Crippen molar-refractivity contribution in [1.29, 1.82) is 0 Å². The van der Waals surface area contributed by atoms with Crippen molar-refractivity contribution in [2.24, 2.45) is 0 Å². The Labute approximate surface area is 126 Å². The fourth-order valence-electron chi connectivity index (χ4n) is 3.16. The third-order valence-corrected chi connectivity index (χ3v) is 5.41. The molecular formula is C16H25N3S. The molecule has 2 heterocycles. The Kier molecular flexibility index (Phi) is 4.73. The van der Waals surface area contributed by atoms with Gasteiger partial charge in [0.25, 0.3) is 0 Å². The molecule has 0 bridgehead atoms. The lowest BCUT2D eigenvalue weighted by atomic mass is 10.0. The highest BCUT2D eigenvalue weighted by atomic mass is 32.1. The maximum absolute atomic E-state index is 4.59. The van der Waals surface area contributed by atoms with E-state index in [1.807, 2.05) is 0 Å². The molecule has 3 nitrogen and oxygen atoms in total. The number of nitrogens with one attached hydrogen (secondary N) is 1. The summed E-state index contributed by atoms with van der Waals surface area (Å²) in [6, 6.07) is 0.703. The zero-order chi connectivity index (χ0) is 13.8. The normalized spacial score (nSPS) is 20.4. The number of allylic oxidation sites excluding steroid dienone is 1. The van der Waals surface area contributed by atoms with Gasteiger partial charge in [0.15, 0.2) is 5.13 Å². The molecule has 1 aliphatic heterocycles. The molecule has 4 heteroatoms. The molecule has 20 heavy (non-hydrogen) atoms. The van der Waals surface area contributed by atoms with Crippen molar-refractivity contribution in [3.05, 3.63) is 22.7 Å². The van der Waals surface area contributed by atoms with Gasteiger partial charge in [0.05, 0.1) is 5.69 Å². The van der Waals surface area contributed by atoms with Crippen LogP contribution in [0.3, 0.4) is 0 Å². The molecule has 1 saturated heterocycles. The molecule has 1 fully saturated rings. The number of aryl methyl sites for hydroxylation is 1. The molecule has 1 aromatic rings. The van der Waals surface area contributed by atoms with Gasteiger partial charge in [-0.05, 0) is 52.0 Å². The van der Waals surface area contributed by atoms with Crippen molar-refractivity contribution in [2.45, 2.75) is 51.5 Å². The minimum absolute atomic E-state index is 0.703. The first kappa shape index (κ1) is 14.1. The van der Waals surface area contributed by atoms with Crippen LogP contribution < -0.4 is 10.2 Å². The highest BCUT2D eigenvalue weighted by Crippen LogP contribution is 2.24. The Balaban J connectivity index is 1.37. The molecule has 0 spiro atoms.